The Morgan fingerprint density at radius 1 is 1.42 bits per heavy atom. The third-order valence-electron chi connectivity index (χ3n) is 1.82. The number of carbonyl (C=O) groups excluding carboxylic acids is 1. The summed E-state index contributed by atoms with van der Waals surface area (Å²) >= 11 is 0. The third-order valence-corrected chi connectivity index (χ3v) is 1.82. The molecule has 0 aromatic carbocycles. The van der Waals surface area contributed by atoms with E-state index < -0.39 is 5.60 Å². The van der Waals surface area contributed by atoms with Gasteiger partial charge in [-0.15, -0.1) is 0 Å². The Morgan fingerprint density at radius 2 is 2.17 bits per heavy atom. The Morgan fingerprint density at radius 3 is 2.67 bits per heavy atom. The Bertz CT molecular complexity index is 142. The highest BCUT2D eigenvalue weighted by Crippen LogP contribution is 2.36. The van der Waals surface area contributed by atoms with Crippen molar-refractivity contribution >= 4 is 6.29 Å². The predicted molar refractivity (Wildman–Crippen MR) is 41.8 cm³/mol. The molecule has 0 bridgehead atoms. The number of rotatable bonds is 7. The Hall–Kier alpha value is -0.450. The second-order valence-electron chi connectivity index (χ2n) is 2.85. The quantitative estimate of drug-likeness (QED) is 0.317. The lowest BCUT2D eigenvalue weighted by Crippen LogP contribution is -2.18. The number of aldehydes is 1. The normalized spacial score (nSPS) is 19.1. The molecule has 0 atom stereocenters. The van der Waals surface area contributed by atoms with Crippen molar-refractivity contribution in [1.82, 2.24) is 0 Å². The molecule has 4 nitrogen and oxygen atoms in total. The monoisotopic (exact) mass is 174 g/mol. The van der Waals surface area contributed by atoms with Gasteiger partial charge in [0.15, 0.2) is 6.29 Å². The van der Waals surface area contributed by atoms with Gasteiger partial charge >= 0.3 is 0 Å². The highest BCUT2D eigenvalue weighted by molar-refractivity contribution is 5.66. The molecule has 4 heteroatoms. The van der Waals surface area contributed by atoms with Gasteiger partial charge in [0, 0.05) is 7.11 Å². The number of hydrogen-bond donors (Lipinski definition) is 0. The summed E-state index contributed by atoms with van der Waals surface area (Å²) in [5, 5.41) is 0. The molecule has 0 aromatic rings. The Balaban J connectivity index is 1.92. The highest BCUT2D eigenvalue weighted by Gasteiger charge is 2.44. The zero-order chi connectivity index (χ0) is 8.86. The van der Waals surface area contributed by atoms with Gasteiger partial charge in [-0.25, -0.2) is 0 Å². The minimum atomic E-state index is -0.507. The van der Waals surface area contributed by atoms with Crippen molar-refractivity contribution in [2.24, 2.45) is 0 Å². The molecule has 0 saturated heterocycles. The van der Waals surface area contributed by atoms with Crippen molar-refractivity contribution in [3.8, 4) is 0 Å². The lowest BCUT2D eigenvalue weighted by Gasteiger charge is -2.09. The van der Waals surface area contributed by atoms with Crippen molar-refractivity contribution < 1.29 is 19.0 Å². The summed E-state index contributed by atoms with van der Waals surface area (Å²) < 4.78 is 15.0. The van der Waals surface area contributed by atoms with Crippen LogP contribution >= 0.6 is 0 Å². The van der Waals surface area contributed by atoms with Gasteiger partial charge in [0.05, 0.1) is 13.2 Å². The van der Waals surface area contributed by atoms with E-state index in [2.05, 4.69) is 0 Å². The highest BCUT2D eigenvalue weighted by atomic mass is 16.7. The van der Waals surface area contributed by atoms with Gasteiger partial charge in [-0.05, 0) is 12.8 Å². The summed E-state index contributed by atoms with van der Waals surface area (Å²) in [6, 6.07) is 0. The molecule has 70 valence electrons. The first-order valence-electron chi connectivity index (χ1n) is 4.00. The third kappa shape index (κ3) is 2.89. The van der Waals surface area contributed by atoms with Crippen LogP contribution in [0.15, 0.2) is 0 Å². The van der Waals surface area contributed by atoms with Gasteiger partial charge in [-0.1, -0.05) is 0 Å². The van der Waals surface area contributed by atoms with Crippen LogP contribution < -0.4 is 0 Å². The van der Waals surface area contributed by atoms with Crippen molar-refractivity contribution in [2.45, 2.75) is 18.4 Å². The molecule has 0 N–H and O–H groups in total. The molecule has 1 fully saturated rings. The first-order chi connectivity index (χ1) is 5.83. The summed E-state index contributed by atoms with van der Waals surface area (Å²) in [4.78, 5) is 10.4. The molecule has 0 spiro atoms. The van der Waals surface area contributed by atoms with E-state index >= 15 is 0 Å². The molecule has 1 rings (SSSR count). The van der Waals surface area contributed by atoms with Crippen molar-refractivity contribution in [2.75, 3.05) is 27.1 Å². The molecule has 0 aromatic heterocycles. The average molecular weight is 174 g/mol. The van der Waals surface area contributed by atoms with Crippen LogP contribution in [0.3, 0.4) is 0 Å². The summed E-state index contributed by atoms with van der Waals surface area (Å²) in [6.07, 6.45) is 2.50. The molecule has 0 radical (unpaired) electrons. The van der Waals surface area contributed by atoms with Gasteiger partial charge in [0.1, 0.15) is 12.4 Å². The molecule has 1 aliphatic rings. The van der Waals surface area contributed by atoms with E-state index in [1.165, 1.54) is 0 Å². The van der Waals surface area contributed by atoms with E-state index in [4.69, 9.17) is 14.2 Å². The van der Waals surface area contributed by atoms with Gasteiger partial charge < -0.3 is 19.0 Å². The number of carbonyl (C=O) groups is 1. The van der Waals surface area contributed by atoms with Gasteiger partial charge in [-0.3, -0.25) is 0 Å². The van der Waals surface area contributed by atoms with Crippen LogP contribution in [0.25, 0.3) is 0 Å². The minimum Gasteiger partial charge on any atom is -0.382 e. The van der Waals surface area contributed by atoms with Crippen LogP contribution in [0.2, 0.25) is 0 Å². The summed E-state index contributed by atoms with van der Waals surface area (Å²) in [5.41, 5.74) is -0.507. The van der Waals surface area contributed by atoms with Crippen LogP contribution in [0.5, 0.6) is 0 Å². The second kappa shape index (κ2) is 4.54. The number of methoxy groups -OCH3 is 1. The second-order valence-corrected chi connectivity index (χ2v) is 2.85. The first kappa shape index (κ1) is 9.64. The largest absolute Gasteiger partial charge is 0.382 e. The molecular formula is C8H14O4. The van der Waals surface area contributed by atoms with Gasteiger partial charge in [0.25, 0.3) is 0 Å². The van der Waals surface area contributed by atoms with Gasteiger partial charge in [0.2, 0.25) is 0 Å². The molecule has 0 amide bonds. The van der Waals surface area contributed by atoms with E-state index in [0.29, 0.717) is 13.2 Å². The maximum absolute atomic E-state index is 10.4. The van der Waals surface area contributed by atoms with Crippen molar-refractivity contribution in [3.63, 3.8) is 0 Å². The summed E-state index contributed by atoms with van der Waals surface area (Å²) in [5.74, 6) is 0. The lowest BCUT2D eigenvalue weighted by atomic mass is 10.4. The lowest BCUT2D eigenvalue weighted by molar-refractivity contribution is -0.137. The van der Waals surface area contributed by atoms with E-state index in [0.717, 1.165) is 19.1 Å². The minimum absolute atomic E-state index is 0.183. The fourth-order valence-electron chi connectivity index (χ4n) is 0.780. The van der Waals surface area contributed by atoms with Crippen LogP contribution in [0, 0.1) is 0 Å². The fourth-order valence-corrected chi connectivity index (χ4v) is 0.780. The first-order valence-corrected chi connectivity index (χ1v) is 4.00. The molecule has 0 unspecified atom stereocenters. The van der Waals surface area contributed by atoms with Crippen LogP contribution in [0.4, 0.5) is 0 Å². The standard InChI is InChI=1S/C8H14O4/c1-10-4-5-11-7-12-8(6-9)2-3-8/h6H,2-5,7H2,1H3. The number of ether oxygens (including phenoxy) is 3. The topological polar surface area (TPSA) is 44.8 Å². The van der Waals surface area contributed by atoms with Crippen LogP contribution in [0.1, 0.15) is 12.8 Å². The maximum atomic E-state index is 10.4. The zero-order valence-corrected chi connectivity index (χ0v) is 7.25. The maximum Gasteiger partial charge on any atom is 0.151 e. The number of hydrogen-bond acceptors (Lipinski definition) is 4. The average Bonchev–Trinajstić information content (AvgIpc) is 2.85. The Kier molecular flexibility index (Phi) is 3.65. The van der Waals surface area contributed by atoms with Crippen molar-refractivity contribution in [3.05, 3.63) is 0 Å². The van der Waals surface area contributed by atoms with E-state index in [1.807, 2.05) is 0 Å². The Labute approximate surface area is 71.8 Å². The summed E-state index contributed by atoms with van der Waals surface area (Å²) in [6.45, 7) is 1.24. The summed E-state index contributed by atoms with van der Waals surface area (Å²) in [7, 11) is 1.61. The van der Waals surface area contributed by atoms with E-state index in [9.17, 15) is 4.79 Å². The zero-order valence-electron chi connectivity index (χ0n) is 7.25. The smallest absolute Gasteiger partial charge is 0.151 e. The SMILES string of the molecule is COCCOCOC1(C=O)CC1. The molecule has 1 saturated carbocycles. The van der Waals surface area contributed by atoms with Crippen molar-refractivity contribution in [1.29, 1.82) is 0 Å². The van der Waals surface area contributed by atoms with Crippen LogP contribution in [-0.4, -0.2) is 39.0 Å². The predicted octanol–water partition coefficient (Wildman–Crippen LogP) is 0.355. The molecule has 12 heavy (non-hydrogen) atoms. The van der Waals surface area contributed by atoms with Gasteiger partial charge in [-0.2, -0.15) is 0 Å². The molecule has 0 heterocycles. The molecule has 0 aliphatic heterocycles. The molecule has 1 aliphatic carbocycles. The van der Waals surface area contributed by atoms with E-state index in [1.54, 1.807) is 7.11 Å². The van der Waals surface area contributed by atoms with E-state index in [-0.39, 0.29) is 6.79 Å². The fraction of sp³-hybridized carbons (Fsp3) is 0.875. The van der Waals surface area contributed by atoms with Crippen LogP contribution in [-0.2, 0) is 19.0 Å². The molecular weight excluding hydrogens is 160 g/mol.